The van der Waals surface area contributed by atoms with Crippen LogP contribution in [-0.4, -0.2) is 31.3 Å². The van der Waals surface area contributed by atoms with E-state index in [0.29, 0.717) is 24.9 Å². The maximum Gasteiger partial charge on any atom is 0.311 e. The molecule has 2 aliphatic rings. The van der Waals surface area contributed by atoms with Crippen LogP contribution in [0.15, 0.2) is 28.9 Å². The number of furan rings is 1. The molecule has 2 N–H and O–H groups in total. The van der Waals surface area contributed by atoms with Crippen LogP contribution in [0.1, 0.15) is 63.7 Å². The van der Waals surface area contributed by atoms with E-state index in [1.807, 2.05) is 0 Å². The van der Waals surface area contributed by atoms with E-state index in [2.05, 4.69) is 31.8 Å². The van der Waals surface area contributed by atoms with E-state index in [-0.39, 0.29) is 18.0 Å². The summed E-state index contributed by atoms with van der Waals surface area (Å²) in [6.45, 7) is 10.3. The number of rotatable bonds is 8. The van der Waals surface area contributed by atoms with Gasteiger partial charge in [-0.1, -0.05) is 25.5 Å². The predicted molar refractivity (Wildman–Crippen MR) is 113 cm³/mol. The second-order valence-corrected chi connectivity index (χ2v) is 9.38. The molecular formula is C24H37NO4. The fourth-order valence-electron chi connectivity index (χ4n) is 6.29. The maximum atomic E-state index is 12.7. The van der Waals surface area contributed by atoms with Gasteiger partial charge in [0.05, 0.1) is 31.9 Å². The van der Waals surface area contributed by atoms with E-state index in [9.17, 15) is 4.79 Å². The van der Waals surface area contributed by atoms with Gasteiger partial charge in [0, 0.05) is 6.54 Å². The normalized spacial score (nSPS) is 32.1. The number of esters is 1. The highest BCUT2D eigenvalue weighted by atomic mass is 16.5. The number of carbonyl (C=O) groups is 1. The molecule has 4 atom stereocenters. The molecule has 29 heavy (non-hydrogen) atoms. The molecule has 0 unspecified atom stereocenters. The van der Waals surface area contributed by atoms with Crippen molar-refractivity contribution >= 4 is 5.97 Å². The largest absolute Gasteiger partial charge is 0.469 e. The van der Waals surface area contributed by atoms with Crippen molar-refractivity contribution in [2.75, 3.05) is 20.3 Å². The summed E-state index contributed by atoms with van der Waals surface area (Å²) in [6, 6.07) is 2.06. The van der Waals surface area contributed by atoms with Crippen molar-refractivity contribution in [2.24, 2.45) is 22.7 Å². The van der Waals surface area contributed by atoms with E-state index >= 15 is 0 Å². The predicted octanol–water partition coefficient (Wildman–Crippen LogP) is 4.25. The molecule has 0 aliphatic heterocycles. The number of aliphatic hydroxyl groups excluding tert-OH is 1. The van der Waals surface area contributed by atoms with Crippen LogP contribution in [0.4, 0.5) is 0 Å². The molecule has 0 spiro atoms. The topological polar surface area (TPSA) is 71.7 Å². The lowest BCUT2D eigenvalue weighted by Gasteiger charge is -2.57. The Morgan fingerprint density at radius 2 is 2.21 bits per heavy atom. The van der Waals surface area contributed by atoms with Gasteiger partial charge in [0.2, 0.25) is 0 Å². The third kappa shape index (κ3) is 4.17. The van der Waals surface area contributed by atoms with Gasteiger partial charge in [0.15, 0.2) is 0 Å². The van der Waals surface area contributed by atoms with Gasteiger partial charge in [-0.05, 0) is 74.3 Å². The molecule has 2 aliphatic carbocycles. The van der Waals surface area contributed by atoms with Crippen LogP contribution in [0.2, 0.25) is 0 Å². The fraction of sp³-hybridized carbons (Fsp3) is 0.708. The second-order valence-electron chi connectivity index (χ2n) is 9.38. The van der Waals surface area contributed by atoms with Gasteiger partial charge in [-0.2, -0.15) is 0 Å². The first-order valence-electron chi connectivity index (χ1n) is 11.0. The summed E-state index contributed by atoms with van der Waals surface area (Å²) in [7, 11) is 1.52. The van der Waals surface area contributed by atoms with Crippen LogP contribution in [0.3, 0.4) is 0 Å². The lowest BCUT2D eigenvalue weighted by atomic mass is 9.46. The fourth-order valence-corrected chi connectivity index (χ4v) is 6.29. The third-order valence-electron chi connectivity index (χ3n) is 7.79. The number of fused-ring (bicyclic) bond motifs is 1. The minimum atomic E-state index is -0.393. The van der Waals surface area contributed by atoms with Gasteiger partial charge < -0.3 is 19.6 Å². The van der Waals surface area contributed by atoms with Crippen molar-refractivity contribution in [3.05, 3.63) is 35.8 Å². The second kappa shape index (κ2) is 9.05. The van der Waals surface area contributed by atoms with Crippen LogP contribution in [0, 0.1) is 22.7 Å². The highest BCUT2D eigenvalue weighted by Gasteiger charge is 2.57. The lowest BCUT2D eigenvalue weighted by Crippen LogP contribution is -2.53. The quantitative estimate of drug-likeness (QED) is 0.386. The third-order valence-corrected chi connectivity index (χ3v) is 7.79. The van der Waals surface area contributed by atoms with Crippen molar-refractivity contribution < 1.29 is 19.1 Å². The molecule has 0 radical (unpaired) electrons. The zero-order valence-electron chi connectivity index (χ0n) is 18.3. The summed E-state index contributed by atoms with van der Waals surface area (Å²) < 4.78 is 10.9. The molecule has 1 aromatic heterocycles. The molecule has 3 rings (SSSR count). The van der Waals surface area contributed by atoms with E-state index in [1.54, 1.807) is 6.26 Å². The molecule has 0 bridgehead atoms. The van der Waals surface area contributed by atoms with Gasteiger partial charge in [-0.25, -0.2) is 0 Å². The lowest BCUT2D eigenvalue weighted by molar-refractivity contribution is -0.168. The van der Waals surface area contributed by atoms with Crippen molar-refractivity contribution in [1.82, 2.24) is 5.32 Å². The summed E-state index contributed by atoms with van der Waals surface area (Å²) in [6.07, 6.45) is 8.85. The summed E-state index contributed by atoms with van der Waals surface area (Å²) >= 11 is 0. The van der Waals surface area contributed by atoms with Gasteiger partial charge in [-0.15, -0.1) is 0 Å². The Labute approximate surface area is 174 Å². The summed E-state index contributed by atoms with van der Waals surface area (Å²) in [5, 5.41) is 12.2. The number of aliphatic hydroxyl groups is 1. The molecule has 5 nitrogen and oxygen atoms in total. The Morgan fingerprint density at radius 3 is 2.93 bits per heavy atom. The molecule has 0 saturated heterocycles. The number of allylic oxidation sites excluding steroid dienone is 1. The van der Waals surface area contributed by atoms with Gasteiger partial charge in [0.25, 0.3) is 0 Å². The smallest absolute Gasteiger partial charge is 0.311 e. The minimum Gasteiger partial charge on any atom is -0.469 e. The average molecular weight is 404 g/mol. The van der Waals surface area contributed by atoms with Crippen LogP contribution >= 0.6 is 0 Å². The van der Waals surface area contributed by atoms with E-state index in [4.69, 9.17) is 14.3 Å². The number of nitrogens with one attached hydrogen (secondary N) is 1. The van der Waals surface area contributed by atoms with Crippen LogP contribution in [0.5, 0.6) is 0 Å². The van der Waals surface area contributed by atoms with E-state index in [0.717, 1.165) is 50.7 Å². The number of ether oxygens (including phenoxy) is 1. The molecule has 5 heteroatoms. The van der Waals surface area contributed by atoms with Crippen LogP contribution in [0.25, 0.3) is 0 Å². The first kappa shape index (κ1) is 22.1. The van der Waals surface area contributed by atoms with Crippen molar-refractivity contribution in [1.29, 1.82) is 0 Å². The molecule has 1 heterocycles. The van der Waals surface area contributed by atoms with E-state index < -0.39 is 5.41 Å². The van der Waals surface area contributed by atoms with Gasteiger partial charge >= 0.3 is 5.97 Å². The number of carbonyl (C=O) groups excluding carboxylic acids is 1. The number of aryl methyl sites for hydroxylation is 1. The van der Waals surface area contributed by atoms with Gasteiger partial charge in [0.1, 0.15) is 5.76 Å². The van der Waals surface area contributed by atoms with Gasteiger partial charge in [-0.3, -0.25) is 4.79 Å². The Hall–Kier alpha value is -1.59. The van der Waals surface area contributed by atoms with Crippen molar-refractivity contribution in [3.63, 3.8) is 0 Å². The summed E-state index contributed by atoms with van der Waals surface area (Å²) in [4.78, 5) is 12.7. The summed E-state index contributed by atoms with van der Waals surface area (Å²) in [5.41, 5.74) is 2.24. The average Bonchev–Trinajstić information content (AvgIpc) is 3.14. The SMILES string of the molecule is C=C1CC[C@@H]2[C@](C)(CCC[C@]2(C)C(=O)OC)[C@H]1CCc1ccoc1CNCCO. The minimum absolute atomic E-state index is 0.0493. The Morgan fingerprint density at radius 1 is 1.41 bits per heavy atom. The Kier molecular flexibility index (Phi) is 6.90. The standard InChI is InChI=1S/C24H37NO4/c1-17-6-9-21-23(2,11-5-12-24(21,3)22(27)28-4)19(17)8-7-18-10-15-29-20(18)16-25-13-14-26/h10,15,19,21,25-26H,1,5-9,11-14,16H2,2-4H3/t19-,21+,23+,24-/m0/s1. The molecular weight excluding hydrogens is 366 g/mol. The first-order valence-corrected chi connectivity index (χ1v) is 11.0. The molecule has 2 saturated carbocycles. The molecule has 0 amide bonds. The number of methoxy groups -OCH3 is 1. The molecule has 1 aromatic rings. The zero-order chi connectivity index (χ0) is 21.1. The van der Waals surface area contributed by atoms with Crippen LogP contribution in [-0.2, 0) is 22.5 Å². The highest BCUT2D eigenvalue weighted by Crippen LogP contribution is 2.62. The molecule has 162 valence electrons. The Balaban J connectivity index is 1.76. The maximum absolute atomic E-state index is 12.7. The summed E-state index contributed by atoms with van der Waals surface area (Å²) in [5.74, 6) is 1.64. The molecule has 2 fully saturated rings. The first-order chi connectivity index (χ1) is 13.9. The number of hydrogen-bond acceptors (Lipinski definition) is 5. The monoisotopic (exact) mass is 403 g/mol. The molecule has 0 aromatic carbocycles. The van der Waals surface area contributed by atoms with Crippen molar-refractivity contribution in [2.45, 2.75) is 65.3 Å². The highest BCUT2D eigenvalue weighted by molar-refractivity contribution is 5.77. The zero-order valence-corrected chi connectivity index (χ0v) is 18.3. The van der Waals surface area contributed by atoms with E-state index in [1.165, 1.54) is 18.2 Å². The van der Waals surface area contributed by atoms with Crippen molar-refractivity contribution in [3.8, 4) is 0 Å². The Bertz CT molecular complexity index is 726. The number of hydrogen-bond donors (Lipinski definition) is 2. The van der Waals surface area contributed by atoms with Crippen LogP contribution < -0.4 is 5.32 Å².